The number of likely N-dealkylation sites (N-methyl/N-ethyl adjacent to an activating group) is 1. The predicted octanol–water partition coefficient (Wildman–Crippen LogP) is 6.10. The number of hydrogen-bond donors (Lipinski definition) is 4. The number of ether oxygens (including phenoxy) is 2. The van der Waals surface area contributed by atoms with Crippen molar-refractivity contribution < 1.29 is 29.0 Å². The van der Waals surface area contributed by atoms with E-state index in [9.17, 15) is 19.5 Å². The minimum Gasteiger partial charge on any atom is -0.490 e. The molecule has 1 aliphatic carbocycles. The fraction of sp³-hybridized carbons (Fsp3) is 0.583. The third-order valence-corrected chi connectivity index (χ3v) is 9.07. The number of carbonyl (C=O) groups excluding carboxylic acids is 3. The minimum atomic E-state index is -0.505. The summed E-state index contributed by atoms with van der Waals surface area (Å²) < 4.78 is 12.7. The van der Waals surface area contributed by atoms with Crippen LogP contribution in [0.5, 0.6) is 5.75 Å². The normalized spacial score (nSPS) is 22.2. The van der Waals surface area contributed by atoms with Gasteiger partial charge < -0.3 is 40.3 Å². The van der Waals surface area contributed by atoms with Gasteiger partial charge in [0.05, 0.1) is 30.4 Å². The maximum absolute atomic E-state index is 14.3. The Balaban J connectivity index is 1.56. The molecule has 0 bridgehead atoms. The topological polar surface area (TPSA) is 132 Å². The summed E-state index contributed by atoms with van der Waals surface area (Å²) in [6.45, 7) is 6.72. The lowest BCUT2D eigenvalue weighted by Gasteiger charge is -2.36. The van der Waals surface area contributed by atoms with Crippen molar-refractivity contribution in [2.45, 2.75) is 96.4 Å². The molecule has 4 N–H and O–H groups in total. The Hall–Kier alpha value is -3.83. The molecule has 1 aliphatic heterocycles. The van der Waals surface area contributed by atoms with Gasteiger partial charge in [0.15, 0.2) is 0 Å². The summed E-state index contributed by atoms with van der Waals surface area (Å²) in [6, 6.07) is 13.3. The molecule has 11 heteroatoms. The summed E-state index contributed by atoms with van der Waals surface area (Å²) in [5.74, 6) is -0.0720. The van der Waals surface area contributed by atoms with Gasteiger partial charge in [-0.15, -0.1) is 0 Å². The molecule has 2 aromatic carbocycles. The van der Waals surface area contributed by atoms with Gasteiger partial charge in [-0.05, 0) is 76.3 Å². The third kappa shape index (κ3) is 10.9. The van der Waals surface area contributed by atoms with Crippen LogP contribution in [-0.4, -0.2) is 90.5 Å². The van der Waals surface area contributed by atoms with Crippen LogP contribution in [0.15, 0.2) is 48.5 Å². The van der Waals surface area contributed by atoms with Crippen LogP contribution >= 0.6 is 0 Å². The number of anilines is 2. The molecule has 0 unspecified atom stereocenters. The van der Waals surface area contributed by atoms with Gasteiger partial charge in [0, 0.05) is 50.1 Å². The molecule has 2 aromatic rings. The number of para-hydroxylation sites is 1. The molecule has 0 saturated heterocycles. The molecule has 258 valence electrons. The molecule has 1 heterocycles. The van der Waals surface area contributed by atoms with Gasteiger partial charge in [-0.25, -0.2) is 9.59 Å². The molecule has 4 rings (SSSR count). The van der Waals surface area contributed by atoms with E-state index in [0.29, 0.717) is 35.8 Å². The zero-order valence-electron chi connectivity index (χ0n) is 28.4. The van der Waals surface area contributed by atoms with Crippen LogP contribution in [0, 0.1) is 5.92 Å². The number of aliphatic hydroxyl groups is 1. The lowest BCUT2D eigenvalue weighted by molar-refractivity contribution is -0.0123. The second-order valence-electron chi connectivity index (χ2n) is 13.1. The average molecular weight is 652 g/mol. The quantitative estimate of drug-likeness (QED) is 0.286. The zero-order valence-corrected chi connectivity index (χ0v) is 28.4. The second kappa shape index (κ2) is 17.9. The maximum atomic E-state index is 14.3. The molecule has 11 nitrogen and oxygen atoms in total. The van der Waals surface area contributed by atoms with Gasteiger partial charge in [0.1, 0.15) is 5.75 Å². The van der Waals surface area contributed by atoms with Crippen LogP contribution in [-0.2, 0) is 4.74 Å². The number of nitrogens with one attached hydrogen (secondary N) is 3. The smallest absolute Gasteiger partial charge is 0.323 e. The molecule has 1 fully saturated rings. The molecule has 5 amide bonds. The maximum Gasteiger partial charge on any atom is 0.323 e. The van der Waals surface area contributed by atoms with Gasteiger partial charge >= 0.3 is 12.1 Å². The van der Waals surface area contributed by atoms with Crippen molar-refractivity contribution in [3.8, 4) is 5.75 Å². The summed E-state index contributed by atoms with van der Waals surface area (Å²) in [7, 11) is 1.79. The molecule has 0 spiro atoms. The predicted molar refractivity (Wildman–Crippen MR) is 184 cm³/mol. The Labute approximate surface area is 279 Å². The van der Waals surface area contributed by atoms with E-state index in [1.165, 1.54) is 6.42 Å². The highest BCUT2D eigenvalue weighted by molar-refractivity contribution is 6.02. The number of nitrogens with zero attached hydrogens (tertiary/aromatic N) is 2. The fourth-order valence-electron chi connectivity index (χ4n) is 6.16. The van der Waals surface area contributed by atoms with Crippen molar-refractivity contribution in [2.75, 3.05) is 44.0 Å². The largest absolute Gasteiger partial charge is 0.490 e. The Morgan fingerprint density at radius 2 is 1.68 bits per heavy atom. The molecule has 1 saturated carbocycles. The summed E-state index contributed by atoms with van der Waals surface area (Å²) in [5.41, 5.74) is 1.36. The number of amides is 5. The molecule has 2 aliphatic rings. The summed E-state index contributed by atoms with van der Waals surface area (Å²) in [5, 5.41) is 19.0. The van der Waals surface area contributed by atoms with E-state index in [4.69, 9.17) is 9.47 Å². The van der Waals surface area contributed by atoms with E-state index in [0.717, 1.165) is 44.9 Å². The van der Waals surface area contributed by atoms with E-state index >= 15 is 0 Å². The highest BCUT2D eigenvalue weighted by Gasteiger charge is 2.31. The van der Waals surface area contributed by atoms with Crippen LogP contribution in [0.25, 0.3) is 0 Å². The number of urea groups is 2. The summed E-state index contributed by atoms with van der Waals surface area (Å²) in [6.07, 6.45) is 7.46. The third-order valence-electron chi connectivity index (χ3n) is 9.07. The number of fused-ring (bicyclic) bond motifs is 1. The molecular formula is C36H53N5O6. The van der Waals surface area contributed by atoms with Crippen molar-refractivity contribution in [1.29, 1.82) is 0 Å². The Bertz CT molecular complexity index is 1300. The van der Waals surface area contributed by atoms with Crippen LogP contribution in [0.1, 0.15) is 82.5 Å². The zero-order chi connectivity index (χ0) is 33.8. The Morgan fingerprint density at radius 3 is 2.40 bits per heavy atom. The minimum absolute atomic E-state index is 0.111. The van der Waals surface area contributed by atoms with Gasteiger partial charge in [0.2, 0.25) is 0 Å². The standard InChI is InChI=1S/C36H53N5O6/c1-25-22-41(26(2)24-42)34(43)31-21-30(38-35(44)37-28-14-7-5-8-15-28)18-19-32(31)47-27(3)13-11-12-20-46-33(25)23-40(4)36(45)39-29-16-9-6-10-17-29/h5,7-8,14-15,18-19,21,25-27,29,33,42H,6,9-13,16-17,20,22-24H2,1-4H3,(H,39,45)(H2,37,38,44)/t25-,26+,27+,33-/m0/s1. The molecule has 4 atom stereocenters. The van der Waals surface area contributed by atoms with Gasteiger partial charge in [-0.3, -0.25) is 4.79 Å². The Kier molecular flexibility index (Phi) is 13.7. The lowest BCUT2D eigenvalue weighted by Crippen LogP contribution is -2.50. The SMILES string of the molecule is C[C@@H]1CCCCO[C@@H](CN(C)C(=O)NC2CCCCC2)[C@@H](C)CN([C@H](C)CO)C(=O)c2cc(NC(=O)Nc3ccccc3)ccc2O1. The van der Waals surface area contributed by atoms with Gasteiger partial charge in [-0.2, -0.15) is 0 Å². The highest BCUT2D eigenvalue weighted by atomic mass is 16.5. The molecular weight excluding hydrogens is 598 g/mol. The van der Waals surface area contributed by atoms with Crippen molar-refractivity contribution in [2.24, 2.45) is 5.92 Å². The first-order valence-corrected chi connectivity index (χ1v) is 17.1. The second-order valence-corrected chi connectivity index (χ2v) is 13.1. The van der Waals surface area contributed by atoms with Crippen LogP contribution in [0.2, 0.25) is 0 Å². The summed E-state index contributed by atoms with van der Waals surface area (Å²) in [4.78, 5) is 43.6. The lowest BCUT2D eigenvalue weighted by atomic mass is 9.96. The first-order chi connectivity index (χ1) is 22.6. The van der Waals surface area contributed by atoms with E-state index in [-0.39, 0.29) is 49.3 Å². The Morgan fingerprint density at radius 1 is 0.979 bits per heavy atom. The van der Waals surface area contributed by atoms with Crippen LogP contribution in [0.3, 0.4) is 0 Å². The van der Waals surface area contributed by atoms with Crippen molar-refractivity contribution in [1.82, 2.24) is 15.1 Å². The van der Waals surface area contributed by atoms with Crippen molar-refractivity contribution in [3.05, 3.63) is 54.1 Å². The highest BCUT2D eigenvalue weighted by Crippen LogP contribution is 2.29. The monoisotopic (exact) mass is 651 g/mol. The molecule has 0 radical (unpaired) electrons. The number of aliphatic hydroxyl groups excluding tert-OH is 1. The first-order valence-electron chi connectivity index (χ1n) is 17.1. The number of rotatable bonds is 7. The number of carbonyl (C=O) groups is 3. The fourth-order valence-corrected chi connectivity index (χ4v) is 6.16. The van der Waals surface area contributed by atoms with Crippen LogP contribution in [0.4, 0.5) is 21.0 Å². The number of benzene rings is 2. The first kappa shape index (κ1) is 36.0. The average Bonchev–Trinajstić information content (AvgIpc) is 3.06. The summed E-state index contributed by atoms with van der Waals surface area (Å²) >= 11 is 0. The van der Waals surface area contributed by atoms with Gasteiger partial charge in [0.25, 0.3) is 5.91 Å². The van der Waals surface area contributed by atoms with E-state index in [1.807, 2.05) is 32.0 Å². The van der Waals surface area contributed by atoms with Crippen molar-refractivity contribution >= 4 is 29.3 Å². The van der Waals surface area contributed by atoms with E-state index < -0.39 is 12.1 Å². The van der Waals surface area contributed by atoms with E-state index in [2.05, 4.69) is 16.0 Å². The number of hydrogen-bond acceptors (Lipinski definition) is 6. The molecule has 47 heavy (non-hydrogen) atoms. The van der Waals surface area contributed by atoms with Crippen molar-refractivity contribution in [3.63, 3.8) is 0 Å². The van der Waals surface area contributed by atoms with Gasteiger partial charge in [-0.1, -0.05) is 44.4 Å². The molecule has 0 aromatic heterocycles. The van der Waals surface area contributed by atoms with E-state index in [1.54, 1.807) is 54.1 Å². The van der Waals surface area contributed by atoms with Crippen LogP contribution < -0.4 is 20.7 Å².